The molecule has 1 aliphatic heterocycles. The second-order valence-electron chi connectivity index (χ2n) is 9.23. The zero-order valence-electron chi connectivity index (χ0n) is 24.0. The summed E-state index contributed by atoms with van der Waals surface area (Å²) in [6, 6.07) is 16.5. The second kappa shape index (κ2) is 14.3. The van der Waals surface area contributed by atoms with Crippen LogP contribution >= 0.6 is 0 Å². The van der Waals surface area contributed by atoms with Gasteiger partial charge in [-0.3, -0.25) is 0 Å². The first-order valence-corrected chi connectivity index (χ1v) is 13.9. The molecule has 1 fully saturated rings. The molecule has 0 amide bonds. The fourth-order valence-corrected chi connectivity index (χ4v) is 4.73. The first-order valence-electron chi connectivity index (χ1n) is 13.9. The zero-order chi connectivity index (χ0) is 29.2. The molecule has 10 nitrogen and oxygen atoms in total. The third-order valence-corrected chi connectivity index (χ3v) is 6.76. The number of carbonyl (C=O) groups excluding carboxylic acids is 1. The van der Waals surface area contributed by atoms with Gasteiger partial charge in [-0.25, -0.2) is 19.2 Å². The Bertz CT molecular complexity index is 1410. The molecule has 5 rings (SSSR count). The van der Waals surface area contributed by atoms with Crippen molar-refractivity contribution in [2.75, 3.05) is 43.3 Å². The zero-order valence-corrected chi connectivity index (χ0v) is 24.0. The van der Waals surface area contributed by atoms with Crippen LogP contribution in [0.3, 0.4) is 0 Å². The van der Waals surface area contributed by atoms with Crippen LogP contribution in [0, 0.1) is 5.82 Å². The summed E-state index contributed by atoms with van der Waals surface area (Å²) < 4.78 is 30.7. The molecule has 0 N–H and O–H groups in total. The third-order valence-electron chi connectivity index (χ3n) is 6.76. The van der Waals surface area contributed by atoms with E-state index in [-0.39, 0.29) is 25.3 Å². The quantitative estimate of drug-likeness (QED) is 0.189. The summed E-state index contributed by atoms with van der Waals surface area (Å²) in [5.41, 5.74) is 3.00. The van der Waals surface area contributed by atoms with Crippen LogP contribution < -0.4 is 14.5 Å². The Balaban J connectivity index is 0.00000189. The van der Waals surface area contributed by atoms with E-state index in [9.17, 15) is 9.18 Å². The summed E-state index contributed by atoms with van der Waals surface area (Å²) in [4.78, 5) is 29.5. The molecule has 41 heavy (non-hydrogen) atoms. The van der Waals surface area contributed by atoms with Gasteiger partial charge in [0.2, 0.25) is 24.6 Å². The highest BCUT2D eigenvalue weighted by atomic mass is 19.1. The van der Waals surface area contributed by atoms with Crippen LogP contribution in [-0.4, -0.2) is 65.3 Å². The van der Waals surface area contributed by atoms with Gasteiger partial charge in [-0.05, 0) is 49.6 Å². The molecule has 0 atom stereocenters. The molecule has 1 aliphatic rings. The third kappa shape index (κ3) is 7.41. The van der Waals surface area contributed by atoms with Gasteiger partial charge in [-0.1, -0.05) is 38.1 Å². The molecule has 0 aliphatic carbocycles. The molecule has 0 spiro atoms. The largest absolute Gasteiger partial charge is 0.511 e. The highest BCUT2D eigenvalue weighted by molar-refractivity contribution is 5.79. The van der Waals surface area contributed by atoms with Gasteiger partial charge >= 0.3 is 6.16 Å². The molecular weight excluding hydrogens is 527 g/mol. The van der Waals surface area contributed by atoms with E-state index in [0.717, 1.165) is 48.5 Å². The van der Waals surface area contributed by atoms with Crippen molar-refractivity contribution < 1.29 is 23.4 Å². The van der Waals surface area contributed by atoms with Crippen LogP contribution in [0.5, 0.6) is 5.88 Å². The number of benzene rings is 2. The number of para-hydroxylation sites is 2. The fraction of sp³-hybridized carbons (Fsp3) is 0.400. The summed E-state index contributed by atoms with van der Waals surface area (Å²) >= 11 is 0. The number of aromatic nitrogens is 4. The van der Waals surface area contributed by atoms with Crippen molar-refractivity contribution in [2.24, 2.45) is 0 Å². The molecular formula is C30H37FN6O4. The van der Waals surface area contributed by atoms with Crippen LogP contribution in [-0.2, 0) is 16.0 Å². The number of carbonyl (C=O) groups is 1. The van der Waals surface area contributed by atoms with Crippen LogP contribution in [0.15, 0.2) is 60.8 Å². The van der Waals surface area contributed by atoms with Crippen LogP contribution in [0.1, 0.15) is 39.2 Å². The monoisotopic (exact) mass is 564 g/mol. The van der Waals surface area contributed by atoms with Crippen molar-refractivity contribution in [3.8, 4) is 5.88 Å². The minimum atomic E-state index is -0.790. The van der Waals surface area contributed by atoms with Crippen molar-refractivity contribution in [1.82, 2.24) is 19.5 Å². The number of ether oxygens (including phenoxy) is 3. The van der Waals surface area contributed by atoms with E-state index >= 15 is 0 Å². The molecule has 0 radical (unpaired) electrons. The highest BCUT2D eigenvalue weighted by Gasteiger charge is 2.27. The van der Waals surface area contributed by atoms with Crippen LogP contribution in [0.4, 0.5) is 21.1 Å². The van der Waals surface area contributed by atoms with Crippen molar-refractivity contribution >= 4 is 29.1 Å². The Morgan fingerprint density at radius 1 is 1.02 bits per heavy atom. The lowest BCUT2D eigenvalue weighted by Crippen LogP contribution is -2.44. The highest BCUT2D eigenvalue weighted by Crippen LogP contribution is 2.28. The number of piperidine rings is 1. The Morgan fingerprint density at radius 2 is 1.76 bits per heavy atom. The smallest absolute Gasteiger partial charge is 0.440 e. The molecule has 0 saturated carbocycles. The van der Waals surface area contributed by atoms with Gasteiger partial charge in [0.15, 0.2) is 0 Å². The lowest BCUT2D eigenvalue weighted by molar-refractivity contribution is 0.00531. The Morgan fingerprint density at radius 3 is 2.49 bits per heavy atom. The SMILES string of the molecule is CC.CCOC(=O)OCOc1ccnc(N(C)C2CCN(c3nc4ccccc4n3Cc3ccc(F)cc3)CC2)n1. The second-order valence-corrected chi connectivity index (χ2v) is 9.23. The molecule has 0 unspecified atom stereocenters. The molecule has 218 valence electrons. The maximum absolute atomic E-state index is 13.5. The van der Waals surface area contributed by atoms with E-state index in [1.54, 1.807) is 19.2 Å². The molecule has 0 bridgehead atoms. The van der Waals surface area contributed by atoms with Crippen LogP contribution in [0.25, 0.3) is 11.0 Å². The summed E-state index contributed by atoms with van der Waals surface area (Å²) in [7, 11) is 1.97. The van der Waals surface area contributed by atoms with Crippen molar-refractivity contribution in [3.05, 3.63) is 72.2 Å². The minimum absolute atomic E-state index is 0.224. The molecule has 2 aromatic carbocycles. The first-order chi connectivity index (χ1) is 20.0. The van der Waals surface area contributed by atoms with Gasteiger partial charge in [-0.2, -0.15) is 4.98 Å². The van der Waals surface area contributed by atoms with Gasteiger partial charge in [-0.15, -0.1) is 0 Å². The minimum Gasteiger partial charge on any atom is -0.440 e. The molecule has 11 heteroatoms. The maximum atomic E-state index is 13.5. The molecule has 1 saturated heterocycles. The fourth-order valence-electron chi connectivity index (χ4n) is 4.73. The van der Waals surface area contributed by atoms with Gasteiger partial charge in [0.1, 0.15) is 5.82 Å². The van der Waals surface area contributed by atoms with Crippen LogP contribution in [0.2, 0.25) is 0 Å². The number of imidazole rings is 1. The number of hydrogen-bond donors (Lipinski definition) is 0. The molecule has 4 aromatic rings. The van der Waals surface area contributed by atoms with E-state index in [4.69, 9.17) is 19.2 Å². The average molecular weight is 565 g/mol. The van der Waals surface area contributed by atoms with Gasteiger partial charge < -0.3 is 28.6 Å². The van der Waals surface area contributed by atoms with Gasteiger partial charge in [0.05, 0.1) is 24.2 Å². The summed E-state index contributed by atoms with van der Waals surface area (Å²) in [6.45, 7) is 7.86. The standard InChI is InChI=1S/C28H31FN6O4.C2H6/c1-3-37-28(36)39-19-38-25-12-15-30-26(32-25)33(2)22-13-16-34(17-14-22)27-31-23-6-4-5-7-24(23)35(27)18-20-8-10-21(29)11-9-20;1-2/h4-12,15,22H,3,13-14,16-19H2,1-2H3;1-2H3. The van der Waals surface area contributed by atoms with E-state index in [2.05, 4.69) is 30.4 Å². The normalized spacial score (nSPS) is 13.3. The number of rotatable bonds is 9. The van der Waals surface area contributed by atoms with Gasteiger partial charge in [0.25, 0.3) is 0 Å². The number of hydrogen-bond acceptors (Lipinski definition) is 9. The maximum Gasteiger partial charge on any atom is 0.511 e. The lowest BCUT2D eigenvalue weighted by atomic mass is 10.0. The van der Waals surface area contributed by atoms with Gasteiger partial charge in [0, 0.05) is 38.4 Å². The van der Waals surface area contributed by atoms with E-state index in [0.29, 0.717) is 18.4 Å². The summed E-state index contributed by atoms with van der Waals surface area (Å²) in [6.07, 6.45) is 2.60. The van der Waals surface area contributed by atoms with E-state index in [1.807, 2.05) is 51.2 Å². The predicted octanol–water partition coefficient (Wildman–Crippen LogP) is 5.65. The van der Waals surface area contributed by atoms with Crippen molar-refractivity contribution in [2.45, 2.75) is 46.2 Å². The van der Waals surface area contributed by atoms with E-state index < -0.39 is 6.16 Å². The van der Waals surface area contributed by atoms with E-state index in [1.165, 1.54) is 12.1 Å². The summed E-state index contributed by atoms with van der Waals surface area (Å²) in [5.74, 6) is 1.51. The van der Waals surface area contributed by atoms with Crippen molar-refractivity contribution in [1.29, 1.82) is 0 Å². The predicted molar refractivity (Wildman–Crippen MR) is 156 cm³/mol. The lowest BCUT2D eigenvalue weighted by Gasteiger charge is -2.37. The topological polar surface area (TPSA) is 94.8 Å². The first kappa shape index (κ1) is 29.6. The Hall–Kier alpha value is -4.41. The number of fused-ring (bicyclic) bond motifs is 1. The average Bonchev–Trinajstić information content (AvgIpc) is 3.37. The number of halogens is 1. The Labute approximate surface area is 239 Å². The number of anilines is 2. The molecule has 3 heterocycles. The molecule has 2 aromatic heterocycles. The Kier molecular flexibility index (Phi) is 10.3. The van der Waals surface area contributed by atoms with Crippen molar-refractivity contribution in [3.63, 3.8) is 0 Å². The number of nitrogens with zero attached hydrogens (tertiary/aromatic N) is 6. The summed E-state index contributed by atoms with van der Waals surface area (Å²) in [5, 5.41) is 0.